The molecule has 1 aromatic carbocycles. The molecule has 0 amide bonds. The number of aromatic hydroxyl groups is 1. The molecule has 1 heterocycles. The molecule has 0 radical (unpaired) electrons. The number of allylic oxidation sites excluding steroid dienone is 2. The Labute approximate surface area is 133 Å². The summed E-state index contributed by atoms with van der Waals surface area (Å²) in [6.07, 6.45) is 9.61. The van der Waals surface area contributed by atoms with E-state index in [1.807, 2.05) is 38.1 Å². The summed E-state index contributed by atoms with van der Waals surface area (Å²) in [5, 5.41) is 19.4. The van der Waals surface area contributed by atoms with Crippen LogP contribution in [-0.4, -0.2) is 23.4 Å². The van der Waals surface area contributed by atoms with Gasteiger partial charge in [-0.25, -0.2) is 0 Å². The van der Waals surface area contributed by atoms with Gasteiger partial charge in [-0.05, 0) is 61.9 Å². The van der Waals surface area contributed by atoms with E-state index in [-0.39, 0.29) is 6.10 Å². The van der Waals surface area contributed by atoms with Crippen molar-refractivity contribution in [2.75, 3.05) is 0 Å². The summed E-state index contributed by atoms with van der Waals surface area (Å²) in [4.78, 5) is 0. The summed E-state index contributed by atoms with van der Waals surface area (Å²) in [5.41, 5.74) is 4.29. The van der Waals surface area contributed by atoms with Crippen molar-refractivity contribution < 1.29 is 14.8 Å². The van der Waals surface area contributed by atoms with Crippen molar-refractivity contribution in [3.8, 4) is 5.75 Å². The van der Waals surface area contributed by atoms with Gasteiger partial charge in [0.25, 0.3) is 0 Å². The van der Waals surface area contributed by atoms with Gasteiger partial charge < -0.3 is 14.8 Å². The number of phenolic OH excluding ortho intramolecular Hbond substituents is 1. The van der Waals surface area contributed by atoms with Crippen molar-refractivity contribution in [3.63, 3.8) is 0 Å². The Morgan fingerprint density at radius 1 is 1.36 bits per heavy atom. The largest absolute Gasteiger partial charge is 0.507 e. The van der Waals surface area contributed by atoms with Crippen LogP contribution in [0.3, 0.4) is 0 Å². The monoisotopic (exact) mass is 300 g/mol. The van der Waals surface area contributed by atoms with Crippen molar-refractivity contribution in [3.05, 3.63) is 46.5 Å². The van der Waals surface area contributed by atoms with Crippen LogP contribution in [0.15, 0.2) is 29.9 Å². The van der Waals surface area contributed by atoms with Gasteiger partial charge in [0.05, 0.1) is 6.10 Å². The molecular weight excluding hydrogens is 275 g/mol. The zero-order chi connectivity index (χ0) is 16.1. The summed E-state index contributed by atoms with van der Waals surface area (Å²) in [6, 6.07) is 4.03. The Morgan fingerprint density at radius 2 is 2.05 bits per heavy atom. The lowest BCUT2D eigenvalue weighted by Gasteiger charge is -2.20. The van der Waals surface area contributed by atoms with Crippen LogP contribution in [0.2, 0.25) is 6.32 Å². The third kappa shape index (κ3) is 4.49. The molecule has 0 fully saturated rings. The first kappa shape index (κ1) is 16.8. The Balaban J connectivity index is 2.04. The van der Waals surface area contributed by atoms with Gasteiger partial charge in [0.15, 0.2) is 0 Å². The molecule has 1 aliphatic heterocycles. The quantitative estimate of drug-likeness (QED) is 0.638. The van der Waals surface area contributed by atoms with Gasteiger partial charge >= 0.3 is 7.12 Å². The lowest BCUT2D eigenvalue weighted by Crippen LogP contribution is -2.27. The Kier molecular flexibility index (Phi) is 5.87. The summed E-state index contributed by atoms with van der Waals surface area (Å²) in [6.45, 7) is 6.00. The first-order valence-corrected chi connectivity index (χ1v) is 7.99. The number of benzene rings is 1. The molecule has 118 valence electrons. The van der Waals surface area contributed by atoms with Crippen LogP contribution < -0.4 is 0 Å². The minimum Gasteiger partial charge on any atom is -0.507 e. The van der Waals surface area contributed by atoms with E-state index in [2.05, 4.69) is 13.0 Å². The van der Waals surface area contributed by atoms with Crippen LogP contribution in [0.4, 0.5) is 0 Å². The van der Waals surface area contributed by atoms with Gasteiger partial charge in [0.1, 0.15) is 5.75 Å². The fourth-order valence-corrected chi connectivity index (χ4v) is 2.80. The number of rotatable bonds is 5. The number of hydrogen-bond acceptors (Lipinski definition) is 3. The van der Waals surface area contributed by atoms with E-state index >= 15 is 0 Å². The molecule has 3 nitrogen and oxygen atoms in total. The molecule has 1 aliphatic rings. The van der Waals surface area contributed by atoms with E-state index < -0.39 is 7.12 Å². The second kappa shape index (κ2) is 7.66. The number of hydrogen-bond donors (Lipinski definition) is 2. The zero-order valence-corrected chi connectivity index (χ0v) is 13.7. The third-order valence-electron chi connectivity index (χ3n) is 4.11. The molecule has 0 saturated carbocycles. The summed E-state index contributed by atoms with van der Waals surface area (Å²) in [7, 11) is -0.661. The summed E-state index contributed by atoms with van der Waals surface area (Å²) >= 11 is 0. The van der Waals surface area contributed by atoms with E-state index in [9.17, 15) is 10.1 Å². The van der Waals surface area contributed by atoms with Crippen LogP contribution in [0, 0.1) is 13.8 Å². The molecular formula is C18H25BO3. The van der Waals surface area contributed by atoms with Crippen LogP contribution in [0.1, 0.15) is 42.9 Å². The first-order valence-electron chi connectivity index (χ1n) is 7.99. The van der Waals surface area contributed by atoms with Crippen LogP contribution in [0.5, 0.6) is 5.75 Å². The molecule has 0 aliphatic carbocycles. The minimum atomic E-state index is -0.661. The Hall–Kier alpha value is -1.52. The third-order valence-corrected chi connectivity index (χ3v) is 4.11. The van der Waals surface area contributed by atoms with Gasteiger partial charge in [-0.1, -0.05) is 30.7 Å². The topological polar surface area (TPSA) is 49.7 Å². The van der Waals surface area contributed by atoms with Crippen molar-refractivity contribution in [1.29, 1.82) is 0 Å². The lowest BCUT2D eigenvalue weighted by molar-refractivity contribution is 0.192. The van der Waals surface area contributed by atoms with Crippen LogP contribution in [0.25, 0.3) is 6.08 Å². The first-order chi connectivity index (χ1) is 10.5. The van der Waals surface area contributed by atoms with E-state index in [1.165, 1.54) is 5.57 Å². The molecule has 0 saturated heterocycles. The highest BCUT2D eigenvalue weighted by Gasteiger charge is 2.20. The lowest BCUT2D eigenvalue weighted by atomic mass is 9.82. The molecule has 4 heteroatoms. The maximum Gasteiger partial charge on any atom is 0.458 e. The average Bonchev–Trinajstić information content (AvgIpc) is 2.49. The van der Waals surface area contributed by atoms with E-state index in [4.69, 9.17) is 4.65 Å². The predicted octanol–water partition coefficient (Wildman–Crippen LogP) is 4.02. The van der Waals surface area contributed by atoms with Crippen molar-refractivity contribution >= 4 is 13.2 Å². The normalized spacial score (nSPS) is 18.8. The standard InChI is InChI=1S/C18H25BO3/c1-4-15(7-8-17-6-5-9-19(21)22-17)12-16-10-13(2)18(20)14(3)11-16/h5-6,10-12,17,20-21H,4,7-9H2,1-3H3/b15-12+/t17-/m0/s1. The highest BCUT2D eigenvalue weighted by Crippen LogP contribution is 2.26. The van der Waals surface area contributed by atoms with Gasteiger partial charge in [-0.2, -0.15) is 0 Å². The second-order valence-corrected chi connectivity index (χ2v) is 5.99. The van der Waals surface area contributed by atoms with Crippen molar-refractivity contribution in [2.45, 2.75) is 52.5 Å². The fourth-order valence-electron chi connectivity index (χ4n) is 2.80. The molecule has 0 bridgehead atoms. The molecule has 1 aromatic rings. The Morgan fingerprint density at radius 3 is 2.64 bits per heavy atom. The van der Waals surface area contributed by atoms with E-state index in [0.29, 0.717) is 12.1 Å². The van der Waals surface area contributed by atoms with Gasteiger partial charge in [0, 0.05) is 6.32 Å². The number of aryl methyl sites for hydroxylation is 2. The number of phenols is 1. The fraction of sp³-hybridized carbons (Fsp3) is 0.444. The smallest absolute Gasteiger partial charge is 0.458 e. The molecule has 22 heavy (non-hydrogen) atoms. The molecule has 0 spiro atoms. The predicted molar refractivity (Wildman–Crippen MR) is 91.9 cm³/mol. The van der Waals surface area contributed by atoms with E-state index in [0.717, 1.165) is 36.0 Å². The molecule has 0 unspecified atom stereocenters. The van der Waals surface area contributed by atoms with Crippen molar-refractivity contribution in [2.24, 2.45) is 0 Å². The van der Waals surface area contributed by atoms with Gasteiger partial charge in [-0.15, -0.1) is 0 Å². The van der Waals surface area contributed by atoms with Gasteiger partial charge in [-0.3, -0.25) is 0 Å². The maximum atomic E-state index is 9.85. The summed E-state index contributed by atoms with van der Waals surface area (Å²) in [5.74, 6) is 0.380. The SMILES string of the molecule is CC/C(=C\c1cc(C)c(O)c(C)c1)CC[C@@H]1C=CCB(O)O1. The average molecular weight is 300 g/mol. The van der Waals surface area contributed by atoms with Crippen LogP contribution >= 0.6 is 0 Å². The van der Waals surface area contributed by atoms with Gasteiger partial charge in [0.2, 0.25) is 0 Å². The highest BCUT2D eigenvalue weighted by molar-refractivity contribution is 6.43. The highest BCUT2D eigenvalue weighted by atomic mass is 16.5. The summed E-state index contributed by atoms with van der Waals surface area (Å²) < 4.78 is 5.49. The zero-order valence-electron chi connectivity index (χ0n) is 13.7. The second-order valence-electron chi connectivity index (χ2n) is 5.99. The van der Waals surface area contributed by atoms with Crippen LogP contribution in [-0.2, 0) is 4.65 Å². The minimum absolute atomic E-state index is 0.00184. The molecule has 2 N–H and O–H groups in total. The van der Waals surface area contributed by atoms with E-state index in [1.54, 1.807) is 0 Å². The molecule has 2 rings (SSSR count). The molecule has 0 aromatic heterocycles. The van der Waals surface area contributed by atoms with Crippen molar-refractivity contribution in [1.82, 2.24) is 0 Å². The Bertz CT molecular complexity index is 555. The maximum absolute atomic E-state index is 9.85. The molecule has 1 atom stereocenters.